The van der Waals surface area contributed by atoms with Gasteiger partial charge in [-0.3, -0.25) is 5.32 Å². The Hall–Kier alpha value is 0.210. The molecule has 0 radical (unpaired) electrons. The minimum Gasteiger partial charge on any atom is -0.367 e. The molecule has 7 heavy (non-hydrogen) atoms. The van der Waals surface area contributed by atoms with Crippen LogP contribution in [0, 0.1) is 0 Å². The predicted octanol–water partition coefficient (Wildman–Crippen LogP) is 0.374. The van der Waals surface area contributed by atoms with Crippen molar-refractivity contribution in [1.29, 1.82) is 0 Å². The highest BCUT2D eigenvalue weighted by molar-refractivity contribution is 5.85. The van der Waals surface area contributed by atoms with Gasteiger partial charge in [-0.1, -0.05) is 0 Å². The number of methoxy groups -OCH3 is 1. The van der Waals surface area contributed by atoms with Crippen molar-refractivity contribution in [2.24, 2.45) is 0 Å². The van der Waals surface area contributed by atoms with E-state index in [1.165, 1.54) is 6.42 Å². The summed E-state index contributed by atoms with van der Waals surface area (Å²) in [7, 11) is 1.72. The summed E-state index contributed by atoms with van der Waals surface area (Å²) in [5.74, 6) is 0. The van der Waals surface area contributed by atoms with Crippen LogP contribution >= 0.6 is 12.4 Å². The average molecular weight is 124 g/mol. The molecule has 1 saturated heterocycles. The van der Waals surface area contributed by atoms with E-state index in [-0.39, 0.29) is 12.4 Å². The molecule has 1 fully saturated rings. The molecular formula is C4H10ClNO. The van der Waals surface area contributed by atoms with E-state index in [0.717, 1.165) is 6.54 Å². The van der Waals surface area contributed by atoms with E-state index in [1.807, 2.05) is 0 Å². The lowest BCUT2D eigenvalue weighted by Crippen LogP contribution is -2.43. The molecule has 1 N–H and O–H groups in total. The van der Waals surface area contributed by atoms with Gasteiger partial charge in [0.25, 0.3) is 0 Å². The van der Waals surface area contributed by atoms with Crippen molar-refractivity contribution in [3.63, 3.8) is 0 Å². The van der Waals surface area contributed by atoms with Gasteiger partial charge in [-0.15, -0.1) is 12.4 Å². The number of ether oxygens (including phenoxy) is 1. The van der Waals surface area contributed by atoms with Crippen molar-refractivity contribution in [3.05, 3.63) is 0 Å². The zero-order valence-electron chi connectivity index (χ0n) is 4.31. The van der Waals surface area contributed by atoms with Crippen LogP contribution in [0.25, 0.3) is 0 Å². The minimum atomic E-state index is 0. The lowest BCUT2D eigenvalue weighted by Gasteiger charge is -2.25. The summed E-state index contributed by atoms with van der Waals surface area (Å²) in [4.78, 5) is 0. The van der Waals surface area contributed by atoms with E-state index in [0.29, 0.717) is 6.23 Å². The smallest absolute Gasteiger partial charge is 0.108 e. The van der Waals surface area contributed by atoms with Gasteiger partial charge in [-0.2, -0.15) is 0 Å². The molecule has 1 aliphatic heterocycles. The average Bonchev–Trinajstić information content (AvgIpc) is 1.31. The van der Waals surface area contributed by atoms with Crippen LogP contribution in [0.5, 0.6) is 0 Å². The van der Waals surface area contributed by atoms with E-state index >= 15 is 0 Å². The van der Waals surface area contributed by atoms with Crippen molar-refractivity contribution in [3.8, 4) is 0 Å². The SMILES string of the molecule is COC1CCN1.Cl. The Labute approximate surface area is 49.6 Å². The summed E-state index contributed by atoms with van der Waals surface area (Å²) >= 11 is 0. The monoisotopic (exact) mass is 123 g/mol. The summed E-state index contributed by atoms with van der Waals surface area (Å²) in [5, 5.41) is 3.07. The molecule has 2 nitrogen and oxygen atoms in total. The highest BCUT2D eigenvalue weighted by Crippen LogP contribution is 1.99. The molecule has 0 aromatic carbocycles. The molecule has 0 spiro atoms. The second kappa shape index (κ2) is 3.24. The molecule has 0 amide bonds. The van der Waals surface area contributed by atoms with Gasteiger partial charge in [0.1, 0.15) is 6.23 Å². The van der Waals surface area contributed by atoms with Crippen LogP contribution in [0.2, 0.25) is 0 Å². The second-order valence-electron chi connectivity index (χ2n) is 1.47. The van der Waals surface area contributed by atoms with Gasteiger partial charge in [0.15, 0.2) is 0 Å². The molecule has 0 aliphatic carbocycles. The molecule has 1 atom stereocenters. The van der Waals surface area contributed by atoms with Crippen LogP contribution in [0.4, 0.5) is 0 Å². The lowest BCUT2D eigenvalue weighted by atomic mass is 10.2. The molecule has 0 saturated carbocycles. The van der Waals surface area contributed by atoms with Crippen LogP contribution in [-0.2, 0) is 4.74 Å². The Morgan fingerprint density at radius 3 is 2.29 bits per heavy atom. The summed E-state index contributed by atoms with van der Waals surface area (Å²) in [6, 6.07) is 0. The topological polar surface area (TPSA) is 21.3 Å². The Kier molecular flexibility index (Phi) is 3.34. The quantitative estimate of drug-likeness (QED) is 0.544. The van der Waals surface area contributed by atoms with Crippen LogP contribution in [0.3, 0.4) is 0 Å². The second-order valence-corrected chi connectivity index (χ2v) is 1.47. The molecule has 0 bridgehead atoms. The predicted molar refractivity (Wildman–Crippen MR) is 30.7 cm³/mol. The van der Waals surface area contributed by atoms with Gasteiger partial charge >= 0.3 is 0 Å². The maximum Gasteiger partial charge on any atom is 0.108 e. The number of rotatable bonds is 1. The third-order valence-corrected chi connectivity index (χ3v) is 1.06. The summed E-state index contributed by atoms with van der Waals surface area (Å²) < 4.78 is 4.88. The van der Waals surface area contributed by atoms with Crippen LogP contribution in [0.1, 0.15) is 6.42 Å². The Morgan fingerprint density at radius 1 is 1.71 bits per heavy atom. The third-order valence-electron chi connectivity index (χ3n) is 1.06. The zero-order valence-corrected chi connectivity index (χ0v) is 5.12. The maximum absolute atomic E-state index is 4.88. The molecule has 3 heteroatoms. The van der Waals surface area contributed by atoms with Crippen LogP contribution < -0.4 is 5.32 Å². The summed E-state index contributed by atoms with van der Waals surface area (Å²) in [6.45, 7) is 1.12. The fourth-order valence-corrected chi connectivity index (χ4v) is 0.463. The van der Waals surface area contributed by atoms with Crippen molar-refractivity contribution in [1.82, 2.24) is 5.32 Å². The molecule has 1 aliphatic rings. The first-order chi connectivity index (χ1) is 2.93. The Balaban J connectivity index is 0.000000360. The molecule has 1 unspecified atom stereocenters. The first-order valence-corrected chi connectivity index (χ1v) is 2.19. The van der Waals surface area contributed by atoms with E-state index in [9.17, 15) is 0 Å². The molecule has 1 rings (SSSR count). The van der Waals surface area contributed by atoms with Crippen molar-refractivity contribution < 1.29 is 4.74 Å². The Bertz CT molecular complexity index is 44.2. The zero-order chi connectivity index (χ0) is 4.41. The van der Waals surface area contributed by atoms with E-state index < -0.39 is 0 Å². The standard InChI is InChI=1S/C4H9NO.ClH/c1-6-4-2-3-5-4;/h4-5H,2-3H2,1H3;1H. The molecule has 0 aromatic rings. The summed E-state index contributed by atoms with van der Waals surface area (Å²) in [5.41, 5.74) is 0. The number of hydrogen-bond acceptors (Lipinski definition) is 2. The third kappa shape index (κ3) is 1.63. The normalized spacial score (nSPS) is 27.9. The molecule has 1 heterocycles. The number of hydrogen-bond donors (Lipinski definition) is 1. The number of halogens is 1. The fourth-order valence-electron chi connectivity index (χ4n) is 0.463. The van der Waals surface area contributed by atoms with Crippen molar-refractivity contribution >= 4 is 12.4 Å². The van der Waals surface area contributed by atoms with Gasteiger partial charge in [-0.25, -0.2) is 0 Å². The summed E-state index contributed by atoms with van der Waals surface area (Å²) in [6.07, 6.45) is 1.54. The molecule has 44 valence electrons. The largest absolute Gasteiger partial charge is 0.367 e. The minimum absolute atomic E-state index is 0. The lowest BCUT2D eigenvalue weighted by molar-refractivity contribution is 0.0233. The van der Waals surface area contributed by atoms with E-state index in [2.05, 4.69) is 5.32 Å². The van der Waals surface area contributed by atoms with Gasteiger partial charge in [-0.05, 0) is 6.42 Å². The first kappa shape index (κ1) is 7.21. The van der Waals surface area contributed by atoms with E-state index in [4.69, 9.17) is 4.74 Å². The number of nitrogens with one attached hydrogen (secondary N) is 1. The fraction of sp³-hybridized carbons (Fsp3) is 1.00. The highest BCUT2D eigenvalue weighted by atomic mass is 35.5. The molecular weight excluding hydrogens is 114 g/mol. The van der Waals surface area contributed by atoms with Gasteiger partial charge in [0.2, 0.25) is 0 Å². The van der Waals surface area contributed by atoms with Gasteiger partial charge in [0.05, 0.1) is 0 Å². The maximum atomic E-state index is 4.88. The highest BCUT2D eigenvalue weighted by Gasteiger charge is 2.13. The Morgan fingerprint density at radius 2 is 2.29 bits per heavy atom. The van der Waals surface area contributed by atoms with Crippen molar-refractivity contribution in [2.45, 2.75) is 12.6 Å². The van der Waals surface area contributed by atoms with Gasteiger partial charge < -0.3 is 4.74 Å². The van der Waals surface area contributed by atoms with Crippen molar-refractivity contribution in [2.75, 3.05) is 13.7 Å². The van der Waals surface area contributed by atoms with Crippen LogP contribution in [-0.4, -0.2) is 19.9 Å². The first-order valence-electron chi connectivity index (χ1n) is 2.19. The van der Waals surface area contributed by atoms with E-state index in [1.54, 1.807) is 7.11 Å². The van der Waals surface area contributed by atoms with Crippen LogP contribution in [0.15, 0.2) is 0 Å². The molecule has 0 aromatic heterocycles. The van der Waals surface area contributed by atoms with Gasteiger partial charge in [0, 0.05) is 13.7 Å².